The quantitative estimate of drug-likeness (QED) is 0.117. The maximum Gasteiger partial charge on any atom is 0.179 e. The summed E-state index contributed by atoms with van der Waals surface area (Å²) >= 11 is 1.89. The lowest BCUT2D eigenvalue weighted by molar-refractivity contribution is 0.760. The summed E-state index contributed by atoms with van der Waals surface area (Å²) < 4.78 is 2.69. The highest BCUT2D eigenvalue weighted by molar-refractivity contribution is 7.25. The fourth-order valence-electron chi connectivity index (χ4n) is 10.7. The average molecular weight is 771 g/mol. The molecule has 13 rings (SSSR count). The molecule has 0 nitrogen and oxygen atoms in total. The molecule has 1 heterocycles. The van der Waals surface area contributed by atoms with Crippen LogP contribution < -0.4 is 20.7 Å². The summed E-state index contributed by atoms with van der Waals surface area (Å²) in [5.41, 5.74) is 13.9. The lowest BCUT2D eigenvalue weighted by atomic mass is 9.60. The maximum absolute atomic E-state index is 2.94. The largest absolute Gasteiger partial charge is 0.179 e. The SMILES string of the molecule is c1ccc(-c2ccc([Si](c3ccccc3)(c3ccccc3)c3cccc4c3C3c5ccccc5C4c4cccc(-c5ccc6sc7ccccc7c6c5)c43)cc2)cc1. The predicted molar refractivity (Wildman–Crippen MR) is 249 cm³/mol. The third-order valence-corrected chi connectivity index (χ3v) is 19.0. The van der Waals surface area contributed by atoms with Gasteiger partial charge in [-0.1, -0.05) is 200 Å². The monoisotopic (exact) mass is 770 g/mol. The second kappa shape index (κ2) is 13.2. The molecule has 2 bridgehead atoms. The van der Waals surface area contributed by atoms with Crippen LogP contribution in [-0.2, 0) is 0 Å². The smallest absolute Gasteiger partial charge is 0.135 e. The molecule has 272 valence electrons. The molecule has 58 heavy (non-hydrogen) atoms. The zero-order chi connectivity index (χ0) is 38.2. The molecule has 0 radical (unpaired) electrons. The molecule has 0 fully saturated rings. The van der Waals surface area contributed by atoms with Crippen LogP contribution in [0.4, 0.5) is 0 Å². The Kier molecular flexibility index (Phi) is 7.66. The zero-order valence-corrected chi connectivity index (χ0v) is 33.7. The Morgan fingerprint density at radius 1 is 0.328 bits per heavy atom. The van der Waals surface area contributed by atoms with Gasteiger partial charge >= 0.3 is 0 Å². The van der Waals surface area contributed by atoms with Gasteiger partial charge in [0.1, 0.15) is 0 Å². The topological polar surface area (TPSA) is 0 Å². The van der Waals surface area contributed by atoms with Crippen LogP contribution in [0.3, 0.4) is 0 Å². The van der Waals surface area contributed by atoms with E-state index in [1.165, 1.54) is 96.6 Å². The Morgan fingerprint density at radius 3 is 1.57 bits per heavy atom. The molecule has 2 heteroatoms. The minimum absolute atomic E-state index is 0.0800. The van der Waals surface area contributed by atoms with Gasteiger partial charge in [0.15, 0.2) is 8.07 Å². The number of thiophene rings is 1. The molecule has 2 unspecified atom stereocenters. The van der Waals surface area contributed by atoms with E-state index in [1.54, 1.807) is 0 Å². The Morgan fingerprint density at radius 2 is 0.845 bits per heavy atom. The van der Waals surface area contributed by atoms with E-state index in [-0.39, 0.29) is 11.8 Å². The van der Waals surface area contributed by atoms with Gasteiger partial charge in [-0.2, -0.15) is 0 Å². The van der Waals surface area contributed by atoms with Crippen molar-refractivity contribution in [3.63, 3.8) is 0 Å². The number of rotatable bonds is 6. The highest BCUT2D eigenvalue weighted by atomic mass is 32.1. The van der Waals surface area contributed by atoms with Crippen molar-refractivity contribution in [1.82, 2.24) is 0 Å². The second-order valence-corrected chi connectivity index (χ2v) is 20.7. The Balaban J connectivity index is 1.15. The first-order valence-corrected chi connectivity index (χ1v) is 23.1. The summed E-state index contributed by atoms with van der Waals surface area (Å²) in [7, 11) is -2.94. The van der Waals surface area contributed by atoms with Crippen LogP contribution >= 0.6 is 11.3 Å². The van der Waals surface area contributed by atoms with Gasteiger partial charge < -0.3 is 0 Å². The Labute approximate surface area is 344 Å². The van der Waals surface area contributed by atoms with Crippen molar-refractivity contribution in [3.05, 3.63) is 252 Å². The van der Waals surface area contributed by atoms with Gasteiger partial charge in [0, 0.05) is 32.0 Å². The zero-order valence-electron chi connectivity index (χ0n) is 31.8. The van der Waals surface area contributed by atoms with Crippen LogP contribution in [0.5, 0.6) is 0 Å². The van der Waals surface area contributed by atoms with E-state index in [2.05, 4.69) is 218 Å². The molecule has 0 saturated heterocycles. The van der Waals surface area contributed by atoms with Crippen molar-refractivity contribution in [3.8, 4) is 22.3 Å². The maximum atomic E-state index is 2.51. The highest BCUT2D eigenvalue weighted by Crippen LogP contribution is 2.57. The van der Waals surface area contributed by atoms with E-state index < -0.39 is 8.07 Å². The van der Waals surface area contributed by atoms with Crippen LogP contribution in [0.15, 0.2) is 218 Å². The third kappa shape index (κ3) is 4.86. The summed E-state index contributed by atoms with van der Waals surface area (Å²) in [6, 6.07) is 83.1. The van der Waals surface area contributed by atoms with Crippen LogP contribution in [0.1, 0.15) is 45.2 Å². The fraction of sp³-hybridized carbons (Fsp3) is 0.0357. The minimum Gasteiger partial charge on any atom is -0.135 e. The van der Waals surface area contributed by atoms with Gasteiger partial charge in [-0.25, -0.2) is 0 Å². The first-order valence-electron chi connectivity index (χ1n) is 20.3. The lowest BCUT2D eigenvalue weighted by Crippen LogP contribution is -2.75. The number of benzene rings is 9. The van der Waals surface area contributed by atoms with Gasteiger partial charge in [0.2, 0.25) is 0 Å². The van der Waals surface area contributed by atoms with Crippen LogP contribution in [0.25, 0.3) is 42.4 Å². The summed E-state index contributed by atoms with van der Waals surface area (Å²) in [4.78, 5) is 0. The molecule has 0 N–H and O–H groups in total. The van der Waals surface area contributed by atoms with Crippen LogP contribution in [-0.4, -0.2) is 8.07 Å². The van der Waals surface area contributed by atoms with Crippen molar-refractivity contribution in [1.29, 1.82) is 0 Å². The molecule has 0 amide bonds. The van der Waals surface area contributed by atoms with E-state index >= 15 is 0 Å². The normalized spacial score (nSPS) is 15.2. The van der Waals surface area contributed by atoms with E-state index in [0.717, 1.165) is 0 Å². The molecule has 0 aliphatic heterocycles. The van der Waals surface area contributed by atoms with Gasteiger partial charge in [-0.3, -0.25) is 0 Å². The standard InChI is InChI=1S/C56H38SSi/c1-4-16-37(17-5-1)38-30-33-42(34-31-38)58(40-18-6-2-7-19-40,41-20-8-3-9-21-41)52-29-15-27-48-53-45-23-10-11-24-46(45)56(55(48)52)54-43(25-14-26-47(53)54)39-32-35-51-49(36-39)44-22-12-13-28-50(44)57-51/h1-36,53,56H. The molecule has 3 aliphatic carbocycles. The number of hydrogen-bond acceptors (Lipinski definition) is 1. The molecule has 3 aliphatic rings. The van der Waals surface area contributed by atoms with Crippen molar-refractivity contribution in [2.75, 3.05) is 0 Å². The third-order valence-electron chi connectivity index (χ3n) is 13.0. The first-order chi connectivity index (χ1) is 28.8. The van der Waals surface area contributed by atoms with Crippen molar-refractivity contribution < 1.29 is 0 Å². The molecule has 1 aromatic heterocycles. The summed E-state index contributed by atoms with van der Waals surface area (Å²) in [5.74, 6) is 0.229. The average Bonchev–Trinajstić information content (AvgIpc) is 3.68. The predicted octanol–water partition coefficient (Wildman–Crippen LogP) is 11.8. The van der Waals surface area contributed by atoms with Gasteiger partial charge in [-0.15, -0.1) is 11.3 Å². The summed E-state index contributed by atoms with van der Waals surface area (Å²) in [6.07, 6.45) is 0. The summed E-state index contributed by atoms with van der Waals surface area (Å²) in [6.45, 7) is 0. The van der Waals surface area contributed by atoms with Gasteiger partial charge in [-0.05, 0) is 94.6 Å². The summed E-state index contributed by atoms with van der Waals surface area (Å²) in [5, 5.41) is 8.38. The Hall–Kier alpha value is -6.58. The van der Waals surface area contributed by atoms with E-state index in [9.17, 15) is 0 Å². The molecule has 0 saturated carbocycles. The van der Waals surface area contributed by atoms with E-state index in [0.29, 0.717) is 0 Å². The molecule has 0 spiro atoms. The van der Waals surface area contributed by atoms with E-state index in [1.807, 2.05) is 11.3 Å². The number of fused-ring (bicyclic) bond motifs is 3. The van der Waals surface area contributed by atoms with Gasteiger partial charge in [0.25, 0.3) is 0 Å². The highest BCUT2D eigenvalue weighted by Gasteiger charge is 2.49. The molecule has 10 aromatic rings. The molecule has 9 aromatic carbocycles. The van der Waals surface area contributed by atoms with Crippen molar-refractivity contribution in [2.45, 2.75) is 11.8 Å². The Bertz CT molecular complexity index is 3120. The van der Waals surface area contributed by atoms with Crippen LogP contribution in [0, 0.1) is 0 Å². The molecular weight excluding hydrogens is 733 g/mol. The minimum atomic E-state index is -2.94. The molecule has 2 atom stereocenters. The van der Waals surface area contributed by atoms with E-state index in [4.69, 9.17) is 0 Å². The van der Waals surface area contributed by atoms with Crippen molar-refractivity contribution in [2.24, 2.45) is 0 Å². The van der Waals surface area contributed by atoms with Crippen LogP contribution in [0.2, 0.25) is 0 Å². The second-order valence-electron chi connectivity index (χ2n) is 15.8. The van der Waals surface area contributed by atoms with Gasteiger partial charge in [0.05, 0.1) is 0 Å². The lowest BCUT2D eigenvalue weighted by Gasteiger charge is -2.47. The van der Waals surface area contributed by atoms with Crippen molar-refractivity contribution >= 4 is 60.3 Å². The fourth-order valence-corrected chi connectivity index (χ4v) is 16.8. The number of hydrogen-bond donors (Lipinski definition) is 0. The molecular formula is C56H38SSi. The first kappa shape index (κ1) is 33.5.